The standard InChI is InChI=1S/C16H22O5/c1-18-11-21-16-9-14(7-8-15(16)17)20-10-12-3-5-13(19-2)6-4-12/h3-8,14-17H,9-11H2,1-2H3/t14-,15-,16-/m1/s1. The molecule has 0 fully saturated rings. The minimum atomic E-state index is -0.610. The van der Waals surface area contributed by atoms with Crippen LogP contribution in [0.5, 0.6) is 5.75 Å². The predicted molar refractivity (Wildman–Crippen MR) is 78.1 cm³/mol. The van der Waals surface area contributed by atoms with Crippen LogP contribution < -0.4 is 4.74 Å². The van der Waals surface area contributed by atoms with E-state index in [-0.39, 0.29) is 19.0 Å². The minimum absolute atomic E-state index is 0.0719. The van der Waals surface area contributed by atoms with Gasteiger partial charge in [-0.2, -0.15) is 0 Å². The molecule has 0 bridgehead atoms. The third-order valence-electron chi connectivity index (χ3n) is 3.39. The van der Waals surface area contributed by atoms with Gasteiger partial charge in [-0.15, -0.1) is 0 Å². The summed E-state index contributed by atoms with van der Waals surface area (Å²) in [6, 6.07) is 7.76. The van der Waals surface area contributed by atoms with Crippen molar-refractivity contribution in [1.29, 1.82) is 0 Å². The van der Waals surface area contributed by atoms with Crippen molar-refractivity contribution < 1.29 is 24.1 Å². The van der Waals surface area contributed by atoms with E-state index in [4.69, 9.17) is 18.9 Å². The number of hydrogen-bond acceptors (Lipinski definition) is 5. The van der Waals surface area contributed by atoms with E-state index >= 15 is 0 Å². The summed E-state index contributed by atoms with van der Waals surface area (Å²) in [4.78, 5) is 0. The fourth-order valence-corrected chi connectivity index (χ4v) is 2.18. The van der Waals surface area contributed by atoms with Gasteiger partial charge in [0, 0.05) is 13.5 Å². The van der Waals surface area contributed by atoms with Crippen molar-refractivity contribution in [2.24, 2.45) is 0 Å². The van der Waals surface area contributed by atoms with Gasteiger partial charge in [0.15, 0.2) is 0 Å². The maximum absolute atomic E-state index is 9.82. The van der Waals surface area contributed by atoms with Crippen molar-refractivity contribution in [1.82, 2.24) is 0 Å². The lowest BCUT2D eigenvalue weighted by Crippen LogP contribution is -2.36. The SMILES string of the molecule is COCO[C@@H]1C[C@H](OCc2ccc(OC)cc2)C=C[C@H]1O. The normalized spacial score (nSPS) is 25.0. The first-order chi connectivity index (χ1) is 10.2. The Hall–Kier alpha value is -1.40. The van der Waals surface area contributed by atoms with E-state index in [1.165, 1.54) is 0 Å². The van der Waals surface area contributed by atoms with Gasteiger partial charge in [-0.3, -0.25) is 0 Å². The van der Waals surface area contributed by atoms with Gasteiger partial charge in [0.05, 0.1) is 32.0 Å². The van der Waals surface area contributed by atoms with Crippen molar-refractivity contribution >= 4 is 0 Å². The van der Waals surface area contributed by atoms with Crippen LogP contribution in [-0.2, 0) is 20.8 Å². The van der Waals surface area contributed by atoms with Gasteiger partial charge in [-0.05, 0) is 17.7 Å². The molecule has 0 aliphatic heterocycles. The lowest BCUT2D eigenvalue weighted by Gasteiger charge is -2.28. The molecule has 0 spiro atoms. The van der Waals surface area contributed by atoms with Crippen LogP contribution in [-0.4, -0.2) is 44.4 Å². The summed E-state index contributed by atoms with van der Waals surface area (Å²) < 4.78 is 21.3. The zero-order valence-electron chi connectivity index (χ0n) is 12.4. The maximum Gasteiger partial charge on any atom is 0.146 e. The molecule has 21 heavy (non-hydrogen) atoms. The van der Waals surface area contributed by atoms with Crippen LogP contribution in [0.15, 0.2) is 36.4 Å². The topological polar surface area (TPSA) is 57.2 Å². The molecule has 1 N–H and O–H groups in total. The molecule has 0 unspecified atom stereocenters. The number of methoxy groups -OCH3 is 2. The van der Waals surface area contributed by atoms with Crippen LogP contribution in [0.25, 0.3) is 0 Å². The quantitative estimate of drug-likeness (QED) is 0.615. The Morgan fingerprint density at radius 1 is 1.10 bits per heavy atom. The average molecular weight is 294 g/mol. The van der Waals surface area contributed by atoms with Crippen LogP contribution in [0.2, 0.25) is 0 Å². The van der Waals surface area contributed by atoms with Gasteiger partial charge < -0.3 is 24.1 Å². The molecule has 0 heterocycles. The highest BCUT2D eigenvalue weighted by Gasteiger charge is 2.26. The first kappa shape index (κ1) is 16.0. The van der Waals surface area contributed by atoms with E-state index in [1.807, 2.05) is 30.3 Å². The van der Waals surface area contributed by atoms with E-state index in [2.05, 4.69) is 0 Å². The number of ether oxygens (including phenoxy) is 4. The van der Waals surface area contributed by atoms with Crippen molar-refractivity contribution in [3.63, 3.8) is 0 Å². The maximum atomic E-state index is 9.82. The molecule has 3 atom stereocenters. The summed E-state index contributed by atoms with van der Waals surface area (Å²) in [7, 11) is 3.20. The van der Waals surface area contributed by atoms with Crippen LogP contribution in [0.3, 0.4) is 0 Å². The summed E-state index contributed by atoms with van der Waals surface area (Å²) >= 11 is 0. The summed E-state index contributed by atoms with van der Waals surface area (Å²) in [6.07, 6.45) is 3.22. The number of aliphatic hydroxyl groups excluding tert-OH is 1. The first-order valence-corrected chi connectivity index (χ1v) is 6.94. The highest BCUT2D eigenvalue weighted by Crippen LogP contribution is 2.20. The van der Waals surface area contributed by atoms with Gasteiger partial charge >= 0.3 is 0 Å². The molecule has 1 aliphatic rings. The zero-order chi connectivity index (χ0) is 15.1. The smallest absolute Gasteiger partial charge is 0.146 e. The Bertz CT molecular complexity index is 442. The largest absolute Gasteiger partial charge is 0.497 e. The van der Waals surface area contributed by atoms with E-state index in [9.17, 15) is 5.11 Å². The van der Waals surface area contributed by atoms with Gasteiger partial charge in [0.2, 0.25) is 0 Å². The summed E-state index contributed by atoms with van der Waals surface area (Å²) in [5, 5.41) is 9.82. The van der Waals surface area contributed by atoms with Gasteiger partial charge in [-0.1, -0.05) is 24.3 Å². The first-order valence-electron chi connectivity index (χ1n) is 6.94. The Morgan fingerprint density at radius 3 is 2.52 bits per heavy atom. The van der Waals surface area contributed by atoms with Crippen LogP contribution in [0.4, 0.5) is 0 Å². The lowest BCUT2D eigenvalue weighted by atomic mass is 9.99. The van der Waals surface area contributed by atoms with Crippen LogP contribution in [0.1, 0.15) is 12.0 Å². The molecule has 1 aliphatic carbocycles. The second kappa shape index (κ2) is 8.14. The van der Waals surface area contributed by atoms with Gasteiger partial charge in [-0.25, -0.2) is 0 Å². The third kappa shape index (κ3) is 4.82. The van der Waals surface area contributed by atoms with Crippen molar-refractivity contribution in [3.05, 3.63) is 42.0 Å². The van der Waals surface area contributed by atoms with E-state index < -0.39 is 6.10 Å². The van der Waals surface area contributed by atoms with Crippen molar-refractivity contribution in [2.45, 2.75) is 31.3 Å². The molecule has 0 saturated heterocycles. The molecule has 116 valence electrons. The van der Waals surface area contributed by atoms with Gasteiger partial charge in [0.25, 0.3) is 0 Å². The Balaban J connectivity index is 1.83. The third-order valence-corrected chi connectivity index (χ3v) is 3.39. The van der Waals surface area contributed by atoms with Gasteiger partial charge in [0.1, 0.15) is 12.5 Å². The molecule has 5 nitrogen and oxygen atoms in total. The monoisotopic (exact) mass is 294 g/mol. The molecule has 0 amide bonds. The molecule has 0 aromatic heterocycles. The second-order valence-electron chi connectivity index (χ2n) is 4.92. The summed E-state index contributed by atoms with van der Waals surface area (Å²) in [5.74, 6) is 0.826. The second-order valence-corrected chi connectivity index (χ2v) is 4.92. The Morgan fingerprint density at radius 2 is 1.86 bits per heavy atom. The highest BCUT2D eigenvalue weighted by atomic mass is 16.7. The number of hydrogen-bond donors (Lipinski definition) is 1. The molecular formula is C16H22O5. The average Bonchev–Trinajstić information content (AvgIpc) is 2.53. The van der Waals surface area contributed by atoms with Crippen molar-refractivity contribution in [2.75, 3.05) is 21.0 Å². The fraction of sp³-hybridized carbons (Fsp3) is 0.500. The summed E-state index contributed by atoms with van der Waals surface area (Å²) in [6.45, 7) is 0.673. The molecule has 0 radical (unpaired) electrons. The molecule has 1 aromatic rings. The zero-order valence-corrected chi connectivity index (χ0v) is 12.4. The highest BCUT2D eigenvalue weighted by molar-refractivity contribution is 5.26. The molecular weight excluding hydrogens is 272 g/mol. The lowest BCUT2D eigenvalue weighted by molar-refractivity contribution is -0.120. The predicted octanol–water partition coefficient (Wildman–Crippen LogP) is 1.89. The van der Waals surface area contributed by atoms with Crippen LogP contribution in [0, 0.1) is 0 Å². The van der Waals surface area contributed by atoms with Crippen molar-refractivity contribution in [3.8, 4) is 5.75 Å². The van der Waals surface area contributed by atoms with E-state index in [0.717, 1.165) is 11.3 Å². The number of aliphatic hydroxyl groups is 1. The molecule has 0 saturated carbocycles. The van der Waals surface area contributed by atoms with E-state index in [1.54, 1.807) is 20.3 Å². The Labute approximate surface area is 125 Å². The minimum Gasteiger partial charge on any atom is -0.497 e. The molecule has 5 heteroatoms. The van der Waals surface area contributed by atoms with Crippen LogP contribution >= 0.6 is 0 Å². The number of rotatable bonds is 7. The molecule has 2 rings (SSSR count). The fourth-order valence-electron chi connectivity index (χ4n) is 2.18. The van der Waals surface area contributed by atoms with E-state index in [0.29, 0.717) is 13.0 Å². The Kier molecular flexibility index (Phi) is 6.20. The number of benzene rings is 1. The molecule has 1 aromatic carbocycles. The summed E-state index contributed by atoms with van der Waals surface area (Å²) in [5.41, 5.74) is 1.07.